The van der Waals surface area contributed by atoms with Gasteiger partial charge in [-0.2, -0.15) is 0 Å². The summed E-state index contributed by atoms with van der Waals surface area (Å²) in [5.41, 5.74) is 4.60. The van der Waals surface area contributed by atoms with Crippen molar-refractivity contribution in [3.8, 4) is 0 Å². The SMILES string of the molecule is C=CCNC1(N)N=CN=C2N([C@@H]3O[C@H](C(O)=C(C)C)[C@@H](O)[C@H]3O)C=NC21C(=O)O. The summed E-state index contributed by atoms with van der Waals surface area (Å²) < 4.78 is 5.65. The fraction of sp³-hybridized carbons (Fsp3) is 0.529. The molecule has 12 nitrogen and oxygen atoms in total. The van der Waals surface area contributed by atoms with Gasteiger partial charge in [-0.1, -0.05) is 6.08 Å². The maximum absolute atomic E-state index is 12.3. The molecule has 0 aromatic rings. The molecule has 3 rings (SSSR count). The highest BCUT2D eigenvalue weighted by molar-refractivity contribution is 6.20. The second kappa shape index (κ2) is 7.31. The third-order valence-electron chi connectivity index (χ3n) is 5.06. The van der Waals surface area contributed by atoms with Gasteiger partial charge in [0.25, 0.3) is 5.54 Å². The number of fused-ring (bicyclic) bond motifs is 1. The van der Waals surface area contributed by atoms with E-state index in [4.69, 9.17) is 10.5 Å². The minimum Gasteiger partial charge on any atom is -0.510 e. The Morgan fingerprint density at radius 2 is 2.07 bits per heavy atom. The molecule has 0 aromatic heterocycles. The summed E-state index contributed by atoms with van der Waals surface area (Å²) in [5, 5.41) is 43.8. The number of carboxylic acids is 1. The topological polar surface area (TPSA) is 186 Å². The molecule has 6 atom stereocenters. The molecule has 0 aromatic carbocycles. The maximum Gasteiger partial charge on any atom is 0.345 e. The Bertz CT molecular complexity index is 836. The predicted molar refractivity (Wildman–Crippen MR) is 103 cm³/mol. The Kier molecular flexibility index (Phi) is 5.32. The number of ether oxygens (including phenoxy) is 1. The molecule has 1 saturated heterocycles. The second-order valence-electron chi connectivity index (χ2n) is 7.11. The first-order valence-corrected chi connectivity index (χ1v) is 8.82. The van der Waals surface area contributed by atoms with Crippen LogP contribution in [0.3, 0.4) is 0 Å². The molecule has 2 unspecified atom stereocenters. The highest BCUT2D eigenvalue weighted by Crippen LogP contribution is 2.37. The van der Waals surface area contributed by atoms with Crippen LogP contribution < -0.4 is 11.1 Å². The van der Waals surface area contributed by atoms with E-state index in [2.05, 4.69) is 26.9 Å². The number of carbonyl (C=O) groups is 1. The van der Waals surface area contributed by atoms with Gasteiger partial charge in [-0.3, -0.25) is 16.0 Å². The molecule has 0 bridgehead atoms. The van der Waals surface area contributed by atoms with Crippen molar-refractivity contribution in [2.45, 2.75) is 49.7 Å². The number of aliphatic hydroxyl groups excluding tert-OH is 3. The number of nitrogens with one attached hydrogen (secondary N) is 1. The van der Waals surface area contributed by atoms with E-state index in [1.165, 1.54) is 11.0 Å². The van der Waals surface area contributed by atoms with Crippen LogP contribution in [0, 0.1) is 0 Å². The van der Waals surface area contributed by atoms with Crippen LogP contribution in [0.25, 0.3) is 0 Å². The lowest BCUT2D eigenvalue weighted by Crippen LogP contribution is -2.75. The number of aliphatic hydroxyl groups is 3. The third-order valence-corrected chi connectivity index (χ3v) is 5.06. The van der Waals surface area contributed by atoms with Crippen molar-refractivity contribution in [1.29, 1.82) is 0 Å². The van der Waals surface area contributed by atoms with E-state index in [0.717, 1.165) is 12.7 Å². The van der Waals surface area contributed by atoms with Gasteiger partial charge in [0.05, 0.1) is 6.34 Å². The molecule has 0 radical (unpaired) electrons. The zero-order valence-electron chi connectivity index (χ0n) is 15.9. The molecule has 12 heteroatoms. The van der Waals surface area contributed by atoms with Crippen molar-refractivity contribution in [3.05, 3.63) is 24.0 Å². The summed E-state index contributed by atoms with van der Waals surface area (Å²) >= 11 is 0. The number of hydrogen-bond acceptors (Lipinski definition) is 11. The van der Waals surface area contributed by atoms with E-state index >= 15 is 0 Å². The summed E-state index contributed by atoms with van der Waals surface area (Å²) in [6, 6.07) is 0. The molecule has 29 heavy (non-hydrogen) atoms. The van der Waals surface area contributed by atoms with E-state index in [0.29, 0.717) is 5.57 Å². The first kappa shape index (κ1) is 21.1. The minimum absolute atomic E-state index is 0.142. The van der Waals surface area contributed by atoms with Crippen LogP contribution in [0.2, 0.25) is 0 Å². The maximum atomic E-state index is 12.3. The van der Waals surface area contributed by atoms with Gasteiger partial charge in [-0.15, -0.1) is 6.58 Å². The van der Waals surface area contributed by atoms with Crippen molar-refractivity contribution >= 4 is 24.5 Å². The van der Waals surface area contributed by atoms with Gasteiger partial charge in [0.15, 0.2) is 12.1 Å². The van der Waals surface area contributed by atoms with Crippen LogP contribution in [0.15, 0.2) is 39.0 Å². The van der Waals surface area contributed by atoms with Crippen LogP contribution >= 0.6 is 0 Å². The molecule has 3 aliphatic heterocycles. The van der Waals surface area contributed by atoms with E-state index in [9.17, 15) is 25.2 Å². The van der Waals surface area contributed by atoms with E-state index in [1.54, 1.807) is 13.8 Å². The smallest absolute Gasteiger partial charge is 0.345 e. The predicted octanol–water partition coefficient (Wildman–Crippen LogP) is -1.72. The zero-order chi connectivity index (χ0) is 21.6. The molecule has 3 heterocycles. The summed E-state index contributed by atoms with van der Waals surface area (Å²) in [7, 11) is 0. The number of aliphatic imine (C=N–C) groups is 3. The standard InChI is InChI=1S/C17H24N6O6/c1-4-5-20-17(18)16(15(27)28)14(19-6-21-17)23(7-22-16)13-11(26)10(25)12(29-13)9(24)8(2)3/h4,6-7,10-13,20,24-26H,1,5,18H2,2-3H3,(H,27,28)/t10-,11+,12+,13+,16?,17?/m0/s1. The van der Waals surface area contributed by atoms with Crippen LogP contribution in [0.4, 0.5) is 0 Å². The molecule has 0 saturated carbocycles. The number of amidine groups is 1. The van der Waals surface area contributed by atoms with Crippen LogP contribution in [-0.4, -0.2) is 92.2 Å². The van der Waals surface area contributed by atoms with Gasteiger partial charge in [0.1, 0.15) is 30.4 Å². The van der Waals surface area contributed by atoms with Crippen molar-refractivity contribution in [2.24, 2.45) is 20.7 Å². The molecule has 0 spiro atoms. The lowest BCUT2D eigenvalue weighted by Gasteiger charge is -2.41. The molecular weight excluding hydrogens is 384 g/mol. The third kappa shape index (κ3) is 2.96. The van der Waals surface area contributed by atoms with E-state index in [-0.39, 0.29) is 18.1 Å². The monoisotopic (exact) mass is 408 g/mol. The molecule has 1 fully saturated rings. The average molecular weight is 408 g/mol. The first-order valence-electron chi connectivity index (χ1n) is 8.82. The summed E-state index contributed by atoms with van der Waals surface area (Å²) in [6.07, 6.45) is -1.74. The molecule has 3 aliphatic rings. The quantitative estimate of drug-likeness (QED) is 0.169. The number of hydrogen-bond donors (Lipinski definition) is 6. The van der Waals surface area contributed by atoms with Gasteiger partial charge in [0.2, 0.25) is 5.79 Å². The highest BCUT2D eigenvalue weighted by atomic mass is 16.6. The Hall–Kier alpha value is -2.64. The molecular formula is C17H24N6O6. The molecule has 0 aliphatic carbocycles. The first-order chi connectivity index (χ1) is 13.6. The molecule has 0 amide bonds. The fourth-order valence-corrected chi connectivity index (χ4v) is 3.45. The van der Waals surface area contributed by atoms with Gasteiger partial charge in [-0.05, 0) is 19.4 Å². The van der Waals surface area contributed by atoms with E-state index in [1.807, 2.05) is 0 Å². The van der Waals surface area contributed by atoms with Crippen molar-refractivity contribution in [3.63, 3.8) is 0 Å². The Morgan fingerprint density at radius 1 is 1.38 bits per heavy atom. The fourth-order valence-electron chi connectivity index (χ4n) is 3.45. The van der Waals surface area contributed by atoms with Gasteiger partial charge < -0.3 is 25.2 Å². The van der Waals surface area contributed by atoms with Gasteiger partial charge in [-0.25, -0.2) is 19.8 Å². The second-order valence-corrected chi connectivity index (χ2v) is 7.11. The summed E-state index contributed by atoms with van der Waals surface area (Å²) in [5.74, 6) is -3.71. The number of nitrogens with two attached hydrogens (primary N) is 1. The zero-order valence-corrected chi connectivity index (χ0v) is 15.9. The van der Waals surface area contributed by atoms with Crippen LogP contribution in [0.1, 0.15) is 13.8 Å². The summed E-state index contributed by atoms with van der Waals surface area (Å²) in [6.45, 7) is 6.94. The Morgan fingerprint density at radius 3 is 2.66 bits per heavy atom. The van der Waals surface area contributed by atoms with E-state index < -0.39 is 41.8 Å². The van der Waals surface area contributed by atoms with Crippen molar-refractivity contribution in [1.82, 2.24) is 10.2 Å². The summed E-state index contributed by atoms with van der Waals surface area (Å²) in [4.78, 5) is 25.5. The Labute approximate surface area is 166 Å². The molecule has 7 N–H and O–H groups in total. The lowest BCUT2D eigenvalue weighted by molar-refractivity contribution is -0.143. The van der Waals surface area contributed by atoms with Gasteiger partial charge in [0, 0.05) is 6.54 Å². The minimum atomic E-state index is -2.14. The number of aliphatic carboxylic acids is 1. The number of rotatable bonds is 6. The largest absolute Gasteiger partial charge is 0.510 e. The Balaban J connectivity index is 1.99. The molecule has 158 valence electrons. The van der Waals surface area contributed by atoms with Gasteiger partial charge >= 0.3 is 5.97 Å². The van der Waals surface area contributed by atoms with Crippen molar-refractivity contribution in [2.75, 3.05) is 6.54 Å². The normalized spacial score (nSPS) is 38.0. The van der Waals surface area contributed by atoms with Crippen LogP contribution in [0.5, 0.6) is 0 Å². The van der Waals surface area contributed by atoms with Crippen molar-refractivity contribution < 1.29 is 30.0 Å². The number of carboxylic acid groups (broad SMARTS) is 1. The number of allylic oxidation sites excluding steroid dienone is 1. The lowest BCUT2D eigenvalue weighted by atomic mass is 9.88. The number of nitrogens with zero attached hydrogens (tertiary/aromatic N) is 4. The average Bonchev–Trinajstić information content (AvgIpc) is 3.20. The van der Waals surface area contributed by atoms with Crippen LogP contribution in [-0.2, 0) is 9.53 Å². The highest BCUT2D eigenvalue weighted by Gasteiger charge is 2.66.